The Balaban J connectivity index is 1.95. The molecule has 0 saturated heterocycles. The number of halogens is 1. The topological polar surface area (TPSA) is 35.2 Å². The van der Waals surface area contributed by atoms with Crippen LogP contribution in [0, 0.1) is 0 Å². The summed E-state index contributed by atoms with van der Waals surface area (Å²) in [5.41, 5.74) is 7.55. The van der Waals surface area contributed by atoms with E-state index in [1.54, 1.807) is 23.5 Å². The second-order valence-corrected chi connectivity index (χ2v) is 5.37. The van der Waals surface area contributed by atoms with Gasteiger partial charge in [0.25, 0.3) is 0 Å². The molecule has 0 spiro atoms. The Kier molecular flexibility index (Phi) is 4.58. The Labute approximate surface area is 120 Å². The van der Waals surface area contributed by atoms with Gasteiger partial charge in [0, 0.05) is 12.0 Å². The van der Waals surface area contributed by atoms with E-state index in [0.29, 0.717) is 22.4 Å². The van der Waals surface area contributed by atoms with Crippen molar-refractivity contribution < 1.29 is 4.74 Å². The first kappa shape index (κ1) is 13.3. The highest BCUT2D eigenvalue weighted by atomic mass is 35.5. The van der Waals surface area contributed by atoms with E-state index in [9.17, 15) is 0 Å². The smallest absolute Gasteiger partial charge is 0.137 e. The van der Waals surface area contributed by atoms with Crippen molar-refractivity contribution in [2.75, 3.05) is 6.61 Å². The number of thiocarbonyl (C=S) groups is 1. The van der Waals surface area contributed by atoms with Crippen LogP contribution in [0.1, 0.15) is 11.1 Å². The summed E-state index contributed by atoms with van der Waals surface area (Å²) in [7, 11) is 0. The minimum Gasteiger partial charge on any atom is -0.492 e. The van der Waals surface area contributed by atoms with Crippen molar-refractivity contribution in [2.24, 2.45) is 5.73 Å². The molecule has 0 aliphatic rings. The van der Waals surface area contributed by atoms with Crippen LogP contribution < -0.4 is 10.5 Å². The van der Waals surface area contributed by atoms with E-state index >= 15 is 0 Å². The molecule has 0 atom stereocenters. The van der Waals surface area contributed by atoms with Crippen LogP contribution in [0.25, 0.3) is 0 Å². The largest absolute Gasteiger partial charge is 0.492 e. The molecule has 0 saturated carbocycles. The SMILES string of the molecule is NC(=S)c1ccc(OCCc2ccsc2)c(Cl)c1. The standard InChI is InChI=1S/C13H12ClNOS2/c14-11-7-10(13(15)17)1-2-12(11)16-5-3-9-4-6-18-8-9/h1-2,4,6-8H,3,5H2,(H2,15,17). The Morgan fingerprint density at radius 2 is 2.22 bits per heavy atom. The minimum atomic E-state index is 0.335. The highest BCUT2D eigenvalue weighted by molar-refractivity contribution is 7.80. The van der Waals surface area contributed by atoms with E-state index in [4.69, 9.17) is 34.3 Å². The van der Waals surface area contributed by atoms with Crippen LogP contribution >= 0.6 is 35.2 Å². The molecule has 1 aromatic heterocycles. The molecule has 0 aliphatic heterocycles. The summed E-state index contributed by atoms with van der Waals surface area (Å²) in [5, 5.41) is 4.70. The molecule has 0 bridgehead atoms. The van der Waals surface area contributed by atoms with Gasteiger partial charge in [0.15, 0.2) is 0 Å². The maximum absolute atomic E-state index is 6.10. The van der Waals surface area contributed by atoms with E-state index in [2.05, 4.69) is 16.8 Å². The molecular weight excluding hydrogens is 286 g/mol. The van der Waals surface area contributed by atoms with Gasteiger partial charge in [-0.15, -0.1) is 0 Å². The first-order valence-corrected chi connectivity index (χ1v) is 7.13. The third-order valence-electron chi connectivity index (χ3n) is 2.44. The molecule has 0 radical (unpaired) electrons. The van der Waals surface area contributed by atoms with Crippen molar-refractivity contribution in [1.82, 2.24) is 0 Å². The highest BCUT2D eigenvalue weighted by Crippen LogP contribution is 2.25. The number of thiophene rings is 1. The van der Waals surface area contributed by atoms with Crippen LogP contribution in [0.3, 0.4) is 0 Å². The zero-order valence-corrected chi connectivity index (χ0v) is 11.9. The lowest BCUT2D eigenvalue weighted by molar-refractivity contribution is 0.322. The van der Waals surface area contributed by atoms with Gasteiger partial charge in [-0.05, 0) is 40.6 Å². The monoisotopic (exact) mass is 297 g/mol. The molecule has 2 aromatic rings. The fourth-order valence-corrected chi connectivity index (χ4v) is 2.55. The molecule has 0 amide bonds. The lowest BCUT2D eigenvalue weighted by Gasteiger charge is -2.08. The van der Waals surface area contributed by atoms with Crippen molar-refractivity contribution in [3.05, 3.63) is 51.2 Å². The summed E-state index contributed by atoms with van der Waals surface area (Å²) in [6.07, 6.45) is 0.872. The van der Waals surface area contributed by atoms with Crippen LogP contribution in [-0.2, 0) is 6.42 Å². The van der Waals surface area contributed by atoms with Crippen LogP contribution in [0.5, 0.6) is 5.75 Å². The molecular formula is C13H12ClNOS2. The summed E-state index contributed by atoms with van der Waals surface area (Å²) < 4.78 is 5.63. The van der Waals surface area contributed by atoms with Gasteiger partial charge in [-0.25, -0.2) is 0 Å². The molecule has 2 N–H and O–H groups in total. The Morgan fingerprint density at radius 3 is 2.83 bits per heavy atom. The third kappa shape index (κ3) is 3.45. The molecule has 1 aromatic carbocycles. The fraction of sp³-hybridized carbons (Fsp3) is 0.154. The fourth-order valence-electron chi connectivity index (χ4n) is 1.48. The third-order valence-corrected chi connectivity index (χ3v) is 3.71. The summed E-state index contributed by atoms with van der Waals surface area (Å²) in [4.78, 5) is 0.335. The van der Waals surface area contributed by atoms with Gasteiger partial charge >= 0.3 is 0 Å². The predicted octanol–water partition coefficient (Wildman–Crippen LogP) is 3.66. The molecule has 1 heterocycles. The quantitative estimate of drug-likeness (QED) is 0.856. The van der Waals surface area contributed by atoms with Gasteiger partial charge in [-0.3, -0.25) is 0 Å². The minimum absolute atomic E-state index is 0.335. The van der Waals surface area contributed by atoms with Crippen LogP contribution in [0.15, 0.2) is 35.0 Å². The van der Waals surface area contributed by atoms with Gasteiger partial charge in [0.1, 0.15) is 10.7 Å². The van der Waals surface area contributed by atoms with E-state index < -0.39 is 0 Å². The molecule has 0 fully saturated rings. The van der Waals surface area contributed by atoms with Gasteiger partial charge in [0.2, 0.25) is 0 Å². The van der Waals surface area contributed by atoms with E-state index in [1.807, 2.05) is 6.07 Å². The summed E-state index contributed by atoms with van der Waals surface area (Å²) >= 11 is 12.7. The van der Waals surface area contributed by atoms with E-state index in [1.165, 1.54) is 5.56 Å². The number of rotatable bonds is 5. The van der Waals surface area contributed by atoms with Crippen LogP contribution in [-0.4, -0.2) is 11.6 Å². The van der Waals surface area contributed by atoms with E-state index in [0.717, 1.165) is 12.0 Å². The zero-order chi connectivity index (χ0) is 13.0. The summed E-state index contributed by atoms with van der Waals surface area (Å²) in [6, 6.07) is 7.42. The van der Waals surface area contributed by atoms with Crippen molar-refractivity contribution in [1.29, 1.82) is 0 Å². The summed E-state index contributed by atoms with van der Waals surface area (Å²) in [5.74, 6) is 0.659. The first-order chi connectivity index (χ1) is 8.66. The predicted molar refractivity (Wildman–Crippen MR) is 80.9 cm³/mol. The lowest BCUT2D eigenvalue weighted by atomic mass is 10.2. The lowest BCUT2D eigenvalue weighted by Crippen LogP contribution is -2.09. The molecule has 18 heavy (non-hydrogen) atoms. The number of hydrogen-bond donors (Lipinski definition) is 1. The van der Waals surface area contributed by atoms with Crippen molar-refractivity contribution in [2.45, 2.75) is 6.42 Å². The second kappa shape index (κ2) is 6.18. The van der Waals surface area contributed by atoms with Gasteiger partial charge in [0.05, 0.1) is 11.6 Å². The maximum Gasteiger partial charge on any atom is 0.137 e. The van der Waals surface area contributed by atoms with Crippen molar-refractivity contribution in [3.8, 4) is 5.75 Å². The Bertz CT molecular complexity index is 540. The van der Waals surface area contributed by atoms with Crippen molar-refractivity contribution in [3.63, 3.8) is 0 Å². The van der Waals surface area contributed by atoms with Crippen LogP contribution in [0.4, 0.5) is 0 Å². The molecule has 0 unspecified atom stereocenters. The van der Waals surface area contributed by atoms with Crippen LogP contribution in [0.2, 0.25) is 5.02 Å². The average molecular weight is 298 g/mol. The number of benzene rings is 1. The molecule has 5 heteroatoms. The normalized spacial score (nSPS) is 10.3. The highest BCUT2D eigenvalue weighted by Gasteiger charge is 2.05. The van der Waals surface area contributed by atoms with Gasteiger partial charge in [-0.1, -0.05) is 23.8 Å². The molecule has 94 valence electrons. The Morgan fingerprint density at radius 1 is 1.39 bits per heavy atom. The maximum atomic E-state index is 6.10. The molecule has 0 aliphatic carbocycles. The molecule has 2 nitrogen and oxygen atoms in total. The van der Waals surface area contributed by atoms with Gasteiger partial charge in [-0.2, -0.15) is 11.3 Å². The van der Waals surface area contributed by atoms with E-state index in [-0.39, 0.29) is 0 Å². The number of ether oxygens (including phenoxy) is 1. The number of nitrogens with two attached hydrogens (primary N) is 1. The summed E-state index contributed by atoms with van der Waals surface area (Å²) in [6.45, 7) is 0.600. The molecule has 2 rings (SSSR count). The number of hydrogen-bond acceptors (Lipinski definition) is 3. The van der Waals surface area contributed by atoms with Gasteiger partial charge < -0.3 is 10.5 Å². The second-order valence-electron chi connectivity index (χ2n) is 3.74. The average Bonchev–Trinajstić information content (AvgIpc) is 2.84. The van der Waals surface area contributed by atoms with Crippen molar-refractivity contribution >= 4 is 40.1 Å². The first-order valence-electron chi connectivity index (χ1n) is 5.40. The zero-order valence-electron chi connectivity index (χ0n) is 9.56. The Hall–Kier alpha value is -1.10.